The van der Waals surface area contributed by atoms with Crippen molar-refractivity contribution >= 4 is 5.91 Å². The Morgan fingerprint density at radius 1 is 1.32 bits per heavy atom. The van der Waals surface area contributed by atoms with Gasteiger partial charge in [-0.05, 0) is 32.0 Å². The Morgan fingerprint density at radius 2 is 2.05 bits per heavy atom. The molecule has 1 N–H and O–H groups in total. The number of para-hydroxylation sites is 2. The van der Waals surface area contributed by atoms with Crippen molar-refractivity contribution in [3.8, 4) is 11.5 Å². The second kappa shape index (κ2) is 6.09. The molecule has 6 nitrogen and oxygen atoms in total. The third kappa shape index (κ3) is 3.05. The van der Waals surface area contributed by atoms with Crippen molar-refractivity contribution in [2.75, 3.05) is 0 Å². The summed E-state index contributed by atoms with van der Waals surface area (Å²) in [6.45, 7) is 4.37. The molecule has 3 atom stereocenters. The lowest BCUT2D eigenvalue weighted by molar-refractivity contribution is -0.134. The van der Waals surface area contributed by atoms with Crippen LogP contribution in [0.15, 0.2) is 42.7 Å². The fourth-order valence-corrected chi connectivity index (χ4v) is 2.47. The van der Waals surface area contributed by atoms with Gasteiger partial charge in [0, 0.05) is 18.4 Å². The summed E-state index contributed by atoms with van der Waals surface area (Å²) < 4.78 is 13.3. The van der Waals surface area contributed by atoms with Crippen molar-refractivity contribution < 1.29 is 14.3 Å². The highest BCUT2D eigenvalue weighted by molar-refractivity contribution is 5.82. The summed E-state index contributed by atoms with van der Waals surface area (Å²) in [5, 5.41) is 7.07. The number of hydrogen-bond acceptors (Lipinski definition) is 4. The lowest BCUT2D eigenvalue weighted by Crippen LogP contribution is -2.51. The average molecular weight is 301 g/mol. The Hall–Kier alpha value is -2.50. The first-order valence-electron chi connectivity index (χ1n) is 7.33. The topological polar surface area (TPSA) is 65.4 Å². The number of nitrogens with zero attached hydrogens (tertiary/aromatic N) is 2. The summed E-state index contributed by atoms with van der Waals surface area (Å²) >= 11 is 0. The van der Waals surface area contributed by atoms with Crippen molar-refractivity contribution in [3.05, 3.63) is 42.7 Å². The summed E-state index contributed by atoms with van der Waals surface area (Å²) in [5.41, 5.74) is 0. The fraction of sp³-hybridized carbons (Fsp3) is 0.375. The highest BCUT2D eigenvalue weighted by Crippen LogP contribution is 2.33. The van der Waals surface area contributed by atoms with Gasteiger partial charge in [-0.2, -0.15) is 5.10 Å². The van der Waals surface area contributed by atoms with Crippen molar-refractivity contribution in [1.29, 1.82) is 0 Å². The van der Waals surface area contributed by atoms with Gasteiger partial charge < -0.3 is 14.8 Å². The van der Waals surface area contributed by atoms with Crippen LogP contribution < -0.4 is 14.8 Å². The minimum absolute atomic E-state index is 0.0552. The first kappa shape index (κ1) is 14.4. The van der Waals surface area contributed by atoms with Gasteiger partial charge in [0.15, 0.2) is 11.5 Å². The quantitative estimate of drug-likeness (QED) is 0.932. The average Bonchev–Trinajstić information content (AvgIpc) is 2.99. The molecular formula is C16H19N3O3. The maximum absolute atomic E-state index is 12.4. The molecule has 0 bridgehead atoms. The standard InChI is InChI=1S/C16H19N3O3/c1-11(10-19-9-5-8-17-19)18-16(20)15-12(2)21-13-6-3-4-7-14(13)22-15/h3-9,11-12,15H,10H2,1-2H3,(H,18,20)/t11-,12+,15+/m1/s1. The number of carbonyl (C=O) groups is 1. The van der Waals surface area contributed by atoms with Crippen molar-refractivity contribution in [3.63, 3.8) is 0 Å². The van der Waals surface area contributed by atoms with Crippen LogP contribution in [0.4, 0.5) is 0 Å². The van der Waals surface area contributed by atoms with Crippen LogP contribution in [-0.4, -0.2) is 33.9 Å². The molecule has 116 valence electrons. The fourth-order valence-electron chi connectivity index (χ4n) is 2.47. The molecule has 0 saturated heterocycles. The molecule has 1 aliphatic heterocycles. The third-order valence-electron chi connectivity index (χ3n) is 3.51. The van der Waals surface area contributed by atoms with E-state index in [1.807, 2.05) is 44.3 Å². The van der Waals surface area contributed by atoms with E-state index in [0.29, 0.717) is 18.0 Å². The summed E-state index contributed by atoms with van der Waals surface area (Å²) in [6, 6.07) is 9.16. The lowest BCUT2D eigenvalue weighted by Gasteiger charge is -2.31. The number of rotatable bonds is 4. The number of benzene rings is 1. The van der Waals surface area contributed by atoms with E-state index in [0.717, 1.165) is 0 Å². The molecule has 1 amide bonds. The van der Waals surface area contributed by atoms with Gasteiger partial charge in [-0.3, -0.25) is 9.48 Å². The first-order chi connectivity index (χ1) is 10.6. The first-order valence-corrected chi connectivity index (χ1v) is 7.33. The molecule has 0 fully saturated rings. The molecule has 0 saturated carbocycles. The summed E-state index contributed by atoms with van der Waals surface area (Å²) in [4.78, 5) is 12.4. The van der Waals surface area contributed by atoms with Crippen molar-refractivity contribution in [1.82, 2.24) is 15.1 Å². The molecule has 1 aliphatic rings. The molecule has 0 radical (unpaired) electrons. The van der Waals surface area contributed by atoms with Crippen molar-refractivity contribution in [2.45, 2.75) is 38.6 Å². The van der Waals surface area contributed by atoms with Gasteiger partial charge in [0.05, 0.1) is 6.54 Å². The predicted molar refractivity (Wildman–Crippen MR) is 80.8 cm³/mol. The number of fused-ring (bicyclic) bond motifs is 1. The molecule has 0 spiro atoms. The smallest absolute Gasteiger partial charge is 0.265 e. The summed E-state index contributed by atoms with van der Waals surface area (Å²) in [7, 11) is 0. The molecule has 6 heteroatoms. The number of aromatic nitrogens is 2. The second-order valence-corrected chi connectivity index (χ2v) is 5.45. The largest absolute Gasteiger partial charge is 0.482 e. The van der Waals surface area contributed by atoms with Gasteiger partial charge in [-0.25, -0.2) is 0 Å². The predicted octanol–water partition coefficient (Wildman–Crippen LogP) is 1.62. The molecule has 22 heavy (non-hydrogen) atoms. The van der Waals surface area contributed by atoms with Gasteiger partial charge in [0.1, 0.15) is 6.10 Å². The molecule has 2 aromatic rings. The van der Waals surface area contributed by atoms with Gasteiger partial charge in [0.2, 0.25) is 6.10 Å². The van der Waals surface area contributed by atoms with Crippen molar-refractivity contribution in [2.24, 2.45) is 0 Å². The Bertz CT molecular complexity index is 642. The van der Waals surface area contributed by atoms with Crippen LogP contribution in [0.5, 0.6) is 11.5 Å². The number of nitrogens with one attached hydrogen (secondary N) is 1. The minimum Gasteiger partial charge on any atom is -0.482 e. The van der Waals surface area contributed by atoms with Gasteiger partial charge >= 0.3 is 0 Å². The lowest BCUT2D eigenvalue weighted by atomic mass is 10.1. The van der Waals surface area contributed by atoms with Gasteiger partial charge in [-0.1, -0.05) is 12.1 Å². The van der Waals surface area contributed by atoms with Crippen LogP contribution in [-0.2, 0) is 11.3 Å². The van der Waals surface area contributed by atoms with E-state index >= 15 is 0 Å². The molecular weight excluding hydrogens is 282 g/mol. The highest BCUT2D eigenvalue weighted by atomic mass is 16.6. The van der Waals surface area contributed by atoms with Gasteiger partial charge in [-0.15, -0.1) is 0 Å². The minimum atomic E-state index is -0.657. The Labute approximate surface area is 129 Å². The van der Waals surface area contributed by atoms with Crippen LogP contribution in [0, 0.1) is 0 Å². The third-order valence-corrected chi connectivity index (χ3v) is 3.51. The molecule has 1 aromatic heterocycles. The van der Waals surface area contributed by atoms with Crippen LogP contribution >= 0.6 is 0 Å². The maximum atomic E-state index is 12.4. The zero-order chi connectivity index (χ0) is 15.5. The molecule has 3 rings (SSSR count). The SMILES string of the molecule is C[C@H](Cn1cccn1)NC(=O)[C@H]1Oc2ccccc2O[C@H]1C. The number of carbonyl (C=O) groups excluding carboxylic acids is 1. The number of ether oxygens (including phenoxy) is 2. The van der Waals surface area contributed by atoms with Crippen LogP contribution in [0.3, 0.4) is 0 Å². The highest BCUT2D eigenvalue weighted by Gasteiger charge is 2.34. The maximum Gasteiger partial charge on any atom is 0.265 e. The summed E-state index contributed by atoms with van der Waals surface area (Å²) in [5.74, 6) is 1.09. The molecule has 0 aliphatic carbocycles. The molecule has 0 unspecified atom stereocenters. The number of amides is 1. The molecule has 2 heterocycles. The van der Waals surface area contributed by atoms with E-state index in [4.69, 9.17) is 9.47 Å². The Balaban J connectivity index is 1.62. The van der Waals surface area contributed by atoms with E-state index in [2.05, 4.69) is 10.4 Å². The zero-order valence-corrected chi connectivity index (χ0v) is 12.6. The molecule has 1 aromatic carbocycles. The Morgan fingerprint density at radius 3 is 2.73 bits per heavy atom. The second-order valence-electron chi connectivity index (χ2n) is 5.45. The Kier molecular flexibility index (Phi) is 4.00. The van der Waals surface area contributed by atoms with Crippen LogP contribution in [0.1, 0.15) is 13.8 Å². The normalized spacial score (nSPS) is 21.2. The van der Waals surface area contributed by atoms with E-state index in [9.17, 15) is 4.79 Å². The summed E-state index contributed by atoms with van der Waals surface area (Å²) in [6.07, 6.45) is 2.58. The van der Waals surface area contributed by atoms with Crippen LogP contribution in [0.25, 0.3) is 0 Å². The zero-order valence-electron chi connectivity index (χ0n) is 12.6. The van der Waals surface area contributed by atoms with E-state index < -0.39 is 6.10 Å². The van der Waals surface area contributed by atoms with Crippen LogP contribution in [0.2, 0.25) is 0 Å². The van der Waals surface area contributed by atoms with E-state index in [1.54, 1.807) is 16.9 Å². The number of hydrogen-bond donors (Lipinski definition) is 1. The van der Waals surface area contributed by atoms with Gasteiger partial charge in [0.25, 0.3) is 5.91 Å². The van der Waals surface area contributed by atoms with E-state index in [1.165, 1.54) is 0 Å². The van der Waals surface area contributed by atoms with E-state index in [-0.39, 0.29) is 18.1 Å². The monoisotopic (exact) mass is 301 g/mol.